The first-order valence-electron chi connectivity index (χ1n) is 8.13. The van der Waals surface area contributed by atoms with E-state index in [9.17, 15) is 14.7 Å². The van der Waals surface area contributed by atoms with Gasteiger partial charge in [0.05, 0.1) is 0 Å². The van der Waals surface area contributed by atoms with Gasteiger partial charge in [0.15, 0.2) is 0 Å². The van der Waals surface area contributed by atoms with Crippen molar-refractivity contribution in [2.75, 3.05) is 26.2 Å². The number of hydrogen-bond donors (Lipinski definition) is 2. The Morgan fingerprint density at radius 2 is 1.80 bits per heavy atom. The monoisotopic (exact) mass is 369 g/mol. The fourth-order valence-electron chi connectivity index (χ4n) is 2.49. The number of ether oxygens (including phenoxy) is 1. The first-order valence-corrected chi connectivity index (χ1v) is 8.51. The Morgan fingerprint density at radius 1 is 1.20 bits per heavy atom. The summed E-state index contributed by atoms with van der Waals surface area (Å²) in [5, 5.41) is 11.7. The lowest BCUT2D eigenvalue weighted by molar-refractivity contribution is -0.141. The highest BCUT2D eigenvalue weighted by Gasteiger charge is 2.29. The average molecular weight is 370 g/mol. The normalized spacial score (nSPS) is 17.2. The van der Waals surface area contributed by atoms with Crippen LogP contribution in [0.5, 0.6) is 0 Å². The molecule has 1 aromatic carbocycles. The van der Waals surface area contributed by atoms with Gasteiger partial charge in [-0.05, 0) is 26.8 Å². The molecule has 1 aliphatic heterocycles. The molecule has 2 rings (SSSR count). The standard InChI is InChI=1S/C17H24ClN3O4/c1-17(2,3)25-16(24)20-8-10-21(11-9-20)19-14(15(22)23)12-6-4-5-7-13(12)18/h4-7,14,19H,8-11H2,1-3H3,(H,22,23). The molecule has 1 aromatic rings. The van der Waals surface area contributed by atoms with Crippen molar-refractivity contribution in [2.45, 2.75) is 32.4 Å². The van der Waals surface area contributed by atoms with Crippen LogP contribution in [0.3, 0.4) is 0 Å². The van der Waals surface area contributed by atoms with Crippen LogP contribution in [0.25, 0.3) is 0 Å². The number of carbonyl (C=O) groups is 2. The average Bonchev–Trinajstić information content (AvgIpc) is 2.52. The molecule has 0 radical (unpaired) electrons. The number of benzene rings is 1. The van der Waals surface area contributed by atoms with Crippen LogP contribution in [0.15, 0.2) is 24.3 Å². The van der Waals surface area contributed by atoms with Crippen LogP contribution >= 0.6 is 11.6 Å². The largest absolute Gasteiger partial charge is 0.480 e. The van der Waals surface area contributed by atoms with Crippen LogP contribution in [0.4, 0.5) is 4.79 Å². The first-order chi connectivity index (χ1) is 11.7. The SMILES string of the molecule is CC(C)(C)OC(=O)N1CCN(NC(C(=O)O)c2ccccc2Cl)CC1. The number of piperazine rings is 1. The summed E-state index contributed by atoms with van der Waals surface area (Å²) in [5.74, 6) is -1.01. The molecule has 7 nitrogen and oxygen atoms in total. The van der Waals surface area contributed by atoms with Crippen LogP contribution in [0, 0.1) is 0 Å². The van der Waals surface area contributed by atoms with Gasteiger partial charge in [-0.15, -0.1) is 0 Å². The highest BCUT2D eigenvalue weighted by atomic mass is 35.5. The van der Waals surface area contributed by atoms with Crippen molar-refractivity contribution in [2.24, 2.45) is 0 Å². The molecule has 1 fully saturated rings. The third kappa shape index (κ3) is 5.59. The Hall–Kier alpha value is -1.83. The molecule has 0 saturated carbocycles. The van der Waals surface area contributed by atoms with E-state index in [4.69, 9.17) is 16.3 Å². The minimum absolute atomic E-state index is 0.354. The summed E-state index contributed by atoms with van der Waals surface area (Å²) >= 11 is 6.12. The molecule has 8 heteroatoms. The summed E-state index contributed by atoms with van der Waals surface area (Å²) in [4.78, 5) is 25.3. The number of nitrogens with zero attached hydrogens (tertiary/aromatic N) is 2. The molecule has 0 aliphatic carbocycles. The Bertz CT molecular complexity index is 625. The molecule has 0 bridgehead atoms. The highest BCUT2D eigenvalue weighted by molar-refractivity contribution is 6.31. The molecule has 0 spiro atoms. The maximum Gasteiger partial charge on any atom is 0.410 e. The lowest BCUT2D eigenvalue weighted by Crippen LogP contribution is -2.55. The molecule has 25 heavy (non-hydrogen) atoms. The van der Waals surface area contributed by atoms with E-state index < -0.39 is 17.6 Å². The van der Waals surface area contributed by atoms with Crippen molar-refractivity contribution in [3.05, 3.63) is 34.9 Å². The van der Waals surface area contributed by atoms with E-state index in [1.165, 1.54) is 0 Å². The van der Waals surface area contributed by atoms with Gasteiger partial charge in [0.2, 0.25) is 0 Å². The van der Waals surface area contributed by atoms with Gasteiger partial charge >= 0.3 is 12.1 Å². The van der Waals surface area contributed by atoms with E-state index in [0.29, 0.717) is 36.8 Å². The number of hydrogen-bond acceptors (Lipinski definition) is 5. The summed E-state index contributed by atoms with van der Waals surface area (Å²) in [5.41, 5.74) is 2.96. The van der Waals surface area contributed by atoms with Crippen LogP contribution in [0.2, 0.25) is 5.02 Å². The van der Waals surface area contributed by atoms with Gasteiger partial charge in [0.25, 0.3) is 0 Å². The minimum atomic E-state index is -1.01. The molecule has 1 heterocycles. The Kier molecular flexibility index (Phi) is 6.26. The van der Waals surface area contributed by atoms with Gasteiger partial charge in [-0.1, -0.05) is 29.8 Å². The number of aliphatic carboxylic acids is 1. The van der Waals surface area contributed by atoms with Gasteiger partial charge in [0, 0.05) is 36.8 Å². The number of hydrazine groups is 1. The van der Waals surface area contributed by atoms with E-state index in [2.05, 4.69) is 5.43 Å². The topological polar surface area (TPSA) is 82.1 Å². The van der Waals surface area contributed by atoms with Crippen LogP contribution < -0.4 is 5.43 Å². The lowest BCUT2D eigenvalue weighted by Gasteiger charge is -2.37. The van der Waals surface area contributed by atoms with Crippen molar-refractivity contribution in [3.8, 4) is 0 Å². The minimum Gasteiger partial charge on any atom is -0.480 e. The summed E-state index contributed by atoms with van der Waals surface area (Å²) in [6.45, 7) is 7.37. The number of rotatable bonds is 4. The lowest BCUT2D eigenvalue weighted by atomic mass is 10.1. The second kappa shape index (κ2) is 8.03. The van der Waals surface area contributed by atoms with Gasteiger partial charge in [-0.25, -0.2) is 15.2 Å². The van der Waals surface area contributed by atoms with Gasteiger partial charge < -0.3 is 14.7 Å². The third-order valence-electron chi connectivity index (χ3n) is 3.71. The Morgan fingerprint density at radius 3 is 2.32 bits per heavy atom. The molecule has 1 amide bonds. The summed E-state index contributed by atoms with van der Waals surface area (Å²) in [6.07, 6.45) is -0.354. The zero-order chi connectivity index (χ0) is 18.6. The van der Waals surface area contributed by atoms with Gasteiger partial charge in [-0.2, -0.15) is 0 Å². The summed E-state index contributed by atoms with van der Waals surface area (Å²) in [6, 6.07) is 5.91. The zero-order valence-electron chi connectivity index (χ0n) is 14.7. The predicted molar refractivity (Wildman–Crippen MR) is 94.3 cm³/mol. The van der Waals surface area contributed by atoms with Crippen molar-refractivity contribution >= 4 is 23.7 Å². The number of carbonyl (C=O) groups excluding carboxylic acids is 1. The third-order valence-corrected chi connectivity index (χ3v) is 4.05. The van der Waals surface area contributed by atoms with Gasteiger partial charge in [-0.3, -0.25) is 4.79 Å². The quantitative estimate of drug-likeness (QED) is 0.848. The van der Waals surface area contributed by atoms with E-state index in [-0.39, 0.29) is 6.09 Å². The van der Waals surface area contributed by atoms with Crippen LogP contribution in [-0.2, 0) is 9.53 Å². The molecule has 2 N–H and O–H groups in total. The Labute approximate surface area is 152 Å². The van der Waals surface area contributed by atoms with Gasteiger partial charge in [0.1, 0.15) is 11.6 Å². The number of amides is 1. The first kappa shape index (κ1) is 19.5. The van der Waals surface area contributed by atoms with Crippen LogP contribution in [0.1, 0.15) is 32.4 Å². The van der Waals surface area contributed by atoms with E-state index in [0.717, 1.165) is 0 Å². The fourth-order valence-corrected chi connectivity index (χ4v) is 2.74. The second-order valence-electron chi connectivity index (χ2n) is 6.88. The van der Waals surface area contributed by atoms with Crippen molar-refractivity contribution in [1.82, 2.24) is 15.3 Å². The van der Waals surface area contributed by atoms with Crippen molar-refractivity contribution in [3.63, 3.8) is 0 Å². The molecule has 1 aliphatic rings. The van der Waals surface area contributed by atoms with E-state index in [1.54, 1.807) is 34.2 Å². The maximum absolute atomic E-state index is 12.1. The predicted octanol–water partition coefficient (Wildman–Crippen LogP) is 2.52. The number of nitrogens with one attached hydrogen (secondary N) is 1. The smallest absolute Gasteiger partial charge is 0.410 e. The molecule has 138 valence electrons. The molecule has 1 atom stereocenters. The van der Waals surface area contributed by atoms with Crippen molar-refractivity contribution in [1.29, 1.82) is 0 Å². The number of carboxylic acids is 1. The summed E-state index contributed by atoms with van der Waals surface area (Å²) < 4.78 is 5.35. The molecular weight excluding hydrogens is 346 g/mol. The maximum atomic E-state index is 12.1. The number of carboxylic acid groups (broad SMARTS) is 1. The zero-order valence-corrected chi connectivity index (χ0v) is 15.4. The van der Waals surface area contributed by atoms with E-state index >= 15 is 0 Å². The number of halogens is 1. The highest BCUT2D eigenvalue weighted by Crippen LogP contribution is 2.23. The van der Waals surface area contributed by atoms with Crippen molar-refractivity contribution < 1.29 is 19.4 Å². The molecule has 0 aromatic heterocycles. The molecular formula is C17H24ClN3O4. The Balaban J connectivity index is 1.95. The second-order valence-corrected chi connectivity index (χ2v) is 7.28. The molecule has 1 saturated heterocycles. The molecule has 1 unspecified atom stereocenters. The van der Waals surface area contributed by atoms with Crippen LogP contribution in [-0.4, -0.2) is 58.9 Å². The van der Waals surface area contributed by atoms with E-state index in [1.807, 2.05) is 20.8 Å². The fraction of sp³-hybridized carbons (Fsp3) is 0.529. The summed E-state index contributed by atoms with van der Waals surface area (Å²) in [7, 11) is 0.